The Balaban J connectivity index is 0.000000336. The van der Waals surface area contributed by atoms with E-state index in [0.717, 1.165) is 7.11 Å². The lowest BCUT2D eigenvalue weighted by Crippen LogP contribution is -1.80. The summed E-state index contributed by atoms with van der Waals surface area (Å²) in [7, 11) is 1.00. The molecule has 0 amide bonds. The molecule has 2 atom stereocenters. The number of ether oxygens (including phenoxy) is 1. The van der Waals surface area contributed by atoms with E-state index in [2.05, 4.69) is 19.1 Å². The molecule has 1 aliphatic rings. The maximum atomic E-state index is 7.00. The van der Waals surface area contributed by atoms with Crippen molar-refractivity contribution in [3.63, 3.8) is 0 Å². The molecular formula is C10H14O2. The molecule has 1 saturated heterocycles. The van der Waals surface area contributed by atoms with Crippen molar-refractivity contribution in [2.45, 2.75) is 19.1 Å². The zero-order chi connectivity index (χ0) is 8.97. The number of hydrogen-bond acceptors (Lipinski definition) is 2. The van der Waals surface area contributed by atoms with E-state index in [1.807, 2.05) is 18.2 Å². The van der Waals surface area contributed by atoms with E-state index in [1.54, 1.807) is 0 Å². The van der Waals surface area contributed by atoms with Crippen LogP contribution in [-0.2, 0) is 4.74 Å². The summed E-state index contributed by atoms with van der Waals surface area (Å²) in [6.45, 7) is 2.09. The zero-order valence-electron chi connectivity index (χ0n) is 7.40. The van der Waals surface area contributed by atoms with Gasteiger partial charge >= 0.3 is 0 Å². The number of aliphatic hydroxyl groups is 1. The van der Waals surface area contributed by atoms with Crippen molar-refractivity contribution in [2.75, 3.05) is 7.11 Å². The number of benzene rings is 1. The molecule has 0 aromatic heterocycles. The van der Waals surface area contributed by atoms with Crippen LogP contribution in [0, 0.1) is 0 Å². The summed E-state index contributed by atoms with van der Waals surface area (Å²) in [6, 6.07) is 10.3. The molecule has 0 spiro atoms. The van der Waals surface area contributed by atoms with Crippen molar-refractivity contribution in [3.05, 3.63) is 35.9 Å². The van der Waals surface area contributed by atoms with Gasteiger partial charge in [0, 0.05) is 7.11 Å². The standard InChI is InChI=1S/C9H10O.CH4O/c1-7-9(10-7)8-5-3-2-4-6-8;1-2/h2-7,9H,1H3;2H,1H3. The van der Waals surface area contributed by atoms with Crippen LogP contribution in [-0.4, -0.2) is 18.3 Å². The highest BCUT2D eigenvalue weighted by atomic mass is 16.6. The Kier molecular flexibility index (Phi) is 3.26. The maximum absolute atomic E-state index is 7.00. The molecule has 12 heavy (non-hydrogen) atoms. The molecule has 2 nitrogen and oxygen atoms in total. The molecule has 1 fully saturated rings. The van der Waals surface area contributed by atoms with Gasteiger partial charge in [-0.3, -0.25) is 0 Å². The molecule has 1 aliphatic heterocycles. The third-order valence-corrected chi connectivity index (χ3v) is 1.84. The van der Waals surface area contributed by atoms with E-state index in [4.69, 9.17) is 9.84 Å². The summed E-state index contributed by atoms with van der Waals surface area (Å²) in [5.41, 5.74) is 1.30. The van der Waals surface area contributed by atoms with Crippen LogP contribution in [0.4, 0.5) is 0 Å². The summed E-state index contributed by atoms with van der Waals surface area (Å²) < 4.78 is 5.30. The number of hydrogen-bond donors (Lipinski definition) is 1. The van der Waals surface area contributed by atoms with Crippen molar-refractivity contribution < 1.29 is 9.84 Å². The molecule has 66 valence electrons. The van der Waals surface area contributed by atoms with Gasteiger partial charge in [0.1, 0.15) is 6.10 Å². The molecule has 1 N–H and O–H groups in total. The second-order valence-electron chi connectivity index (χ2n) is 2.67. The van der Waals surface area contributed by atoms with Gasteiger partial charge in [0.15, 0.2) is 0 Å². The van der Waals surface area contributed by atoms with Crippen LogP contribution in [0.25, 0.3) is 0 Å². The molecule has 2 rings (SSSR count). The highest BCUT2D eigenvalue weighted by molar-refractivity contribution is 5.21. The Morgan fingerprint density at radius 1 is 1.17 bits per heavy atom. The van der Waals surface area contributed by atoms with E-state index in [1.165, 1.54) is 5.56 Å². The van der Waals surface area contributed by atoms with Crippen molar-refractivity contribution in [3.8, 4) is 0 Å². The van der Waals surface area contributed by atoms with Gasteiger partial charge in [-0.25, -0.2) is 0 Å². The molecule has 1 heterocycles. The van der Waals surface area contributed by atoms with E-state index in [-0.39, 0.29) is 0 Å². The number of rotatable bonds is 1. The second-order valence-corrected chi connectivity index (χ2v) is 2.67. The molecule has 1 aromatic carbocycles. The van der Waals surface area contributed by atoms with Crippen LogP contribution in [0.5, 0.6) is 0 Å². The van der Waals surface area contributed by atoms with Gasteiger partial charge in [-0.05, 0) is 12.5 Å². The first-order chi connectivity index (χ1) is 5.88. The molecule has 0 aliphatic carbocycles. The normalized spacial score (nSPS) is 25.6. The van der Waals surface area contributed by atoms with E-state index >= 15 is 0 Å². The Labute approximate surface area is 72.8 Å². The van der Waals surface area contributed by atoms with Crippen LogP contribution >= 0.6 is 0 Å². The smallest absolute Gasteiger partial charge is 0.109 e. The SMILES string of the molecule is CC1OC1c1ccccc1.CO. The lowest BCUT2D eigenvalue weighted by atomic mass is 10.1. The van der Waals surface area contributed by atoms with Gasteiger partial charge in [-0.15, -0.1) is 0 Å². The summed E-state index contributed by atoms with van der Waals surface area (Å²) >= 11 is 0. The van der Waals surface area contributed by atoms with Gasteiger partial charge in [0.2, 0.25) is 0 Å². The average molecular weight is 166 g/mol. The first-order valence-corrected chi connectivity index (χ1v) is 4.03. The Hall–Kier alpha value is -0.860. The van der Waals surface area contributed by atoms with E-state index in [0.29, 0.717) is 12.2 Å². The minimum absolute atomic E-state index is 0.376. The lowest BCUT2D eigenvalue weighted by Gasteiger charge is -1.90. The molecule has 2 heteroatoms. The van der Waals surface area contributed by atoms with Gasteiger partial charge in [-0.2, -0.15) is 0 Å². The molecule has 2 unspecified atom stereocenters. The van der Waals surface area contributed by atoms with E-state index < -0.39 is 0 Å². The number of aliphatic hydroxyl groups excluding tert-OH is 1. The van der Waals surface area contributed by atoms with Crippen LogP contribution in [0.3, 0.4) is 0 Å². The minimum Gasteiger partial charge on any atom is -0.400 e. The highest BCUT2D eigenvalue weighted by Crippen LogP contribution is 2.37. The van der Waals surface area contributed by atoms with Crippen molar-refractivity contribution in [1.29, 1.82) is 0 Å². The Morgan fingerprint density at radius 2 is 1.67 bits per heavy atom. The maximum Gasteiger partial charge on any atom is 0.109 e. The van der Waals surface area contributed by atoms with Crippen LogP contribution in [0.2, 0.25) is 0 Å². The molecule has 0 bridgehead atoms. The second kappa shape index (κ2) is 4.24. The summed E-state index contributed by atoms with van der Waals surface area (Å²) in [6.07, 6.45) is 0.809. The van der Waals surface area contributed by atoms with E-state index in [9.17, 15) is 0 Å². The Morgan fingerprint density at radius 3 is 2.08 bits per heavy atom. The minimum atomic E-state index is 0.376. The average Bonchev–Trinajstić information content (AvgIpc) is 2.88. The largest absolute Gasteiger partial charge is 0.400 e. The molecule has 1 aromatic rings. The summed E-state index contributed by atoms with van der Waals surface area (Å²) in [5.74, 6) is 0. The van der Waals surface area contributed by atoms with Crippen molar-refractivity contribution >= 4 is 0 Å². The predicted octanol–water partition coefficient (Wildman–Crippen LogP) is 1.75. The van der Waals surface area contributed by atoms with Crippen LogP contribution < -0.4 is 0 Å². The fourth-order valence-electron chi connectivity index (χ4n) is 1.18. The fourth-order valence-corrected chi connectivity index (χ4v) is 1.18. The molecule has 0 saturated carbocycles. The predicted molar refractivity (Wildman–Crippen MR) is 47.9 cm³/mol. The molecule has 0 radical (unpaired) electrons. The van der Waals surface area contributed by atoms with Gasteiger partial charge < -0.3 is 9.84 Å². The van der Waals surface area contributed by atoms with Crippen LogP contribution in [0.1, 0.15) is 18.6 Å². The topological polar surface area (TPSA) is 32.8 Å². The third-order valence-electron chi connectivity index (χ3n) is 1.84. The fraction of sp³-hybridized carbons (Fsp3) is 0.400. The zero-order valence-corrected chi connectivity index (χ0v) is 7.40. The summed E-state index contributed by atoms with van der Waals surface area (Å²) in [4.78, 5) is 0. The first kappa shape index (κ1) is 9.23. The van der Waals surface area contributed by atoms with Crippen molar-refractivity contribution in [2.24, 2.45) is 0 Å². The molecular weight excluding hydrogens is 152 g/mol. The summed E-state index contributed by atoms with van der Waals surface area (Å²) in [5, 5.41) is 7.00. The van der Waals surface area contributed by atoms with Crippen molar-refractivity contribution in [1.82, 2.24) is 0 Å². The monoisotopic (exact) mass is 166 g/mol. The third kappa shape index (κ3) is 2.06. The Bertz CT molecular complexity index is 221. The highest BCUT2D eigenvalue weighted by Gasteiger charge is 2.35. The van der Waals surface area contributed by atoms with Crippen LogP contribution in [0.15, 0.2) is 30.3 Å². The lowest BCUT2D eigenvalue weighted by molar-refractivity contribution is 0.383. The first-order valence-electron chi connectivity index (χ1n) is 4.03. The van der Waals surface area contributed by atoms with Gasteiger partial charge in [0.25, 0.3) is 0 Å². The van der Waals surface area contributed by atoms with Gasteiger partial charge in [-0.1, -0.05) is 30.3 Å². The number of epoxide rings is 1. The quantitative estimate of drug-likeness (QED) is 0.645. The van der Waals surface area contributed by atoms with Gasteiger partial charge in [0.05, 0.1) is 6.10 Å².